The first-order valence-electron chi connectivity index (χ1n) is 10.5. The highest BCUT2D eigenvalue weighted by Gasteiger charge is 2.16. The van der Waals surface area contributed by atoms with Crippen molar-refractivity contribution in [2.75, 3.05) is 0 Å². The van der Waals surface area contributed by atoms with Crippen LogP contribution in [0.2, 0.25) is 0 Å². The third-order valence-corrected chi connectivity index (χ3v) is 6.66. The number of fused-ring (bicyclic) bond motifs is 4. The Hall–Kier alpha value is -4.03. The number of aromatic nitrogens is 2. The maximum Gasteiger partial charge on any atom is 0.336 e. The zero-order valence-electron chi connectivity index (χ0n) is 17.7. The first kappa shape index (κ1) is 19.6. The molecule has 3 heterocycles. The molecule has 0 saturated carbocycles. The van der Waals surface area contributed by atoms with E-state index in [1.807, 2.05) is 36.4 Å². The molecule has 0 amide bonds. The van der Waals surface area contributed by atoms with Gasteiger partial charge in [-0.3, -0.25) is 0 Å². The Morgan fingerprint density at radius 3 is 2.70 bits per heavy atom. The zero-order chi connectivity index (χ0) is 22.4. The maximum absolute atomic E-state index is 12.2. The van der Waals surface area contributed by atoms with Crippen molar-refractivity contribution in [2.24, 2.45) is 0 Å². The van der Waals surface area contributed by atoms with Crippen molar-refractivity contribution in [2.45, 2.75) is 13.5 Å². The van der Waals surface area contributed by atoms with Crippen LogP contribution in [0.1, 0.15) is 11.1 Å². The van der Waals surface area contributed by atoms with Crippen LogP contribution in [0.15, 0.2) is 87.6 Å². The smallest absolute Gasteiger partial charge is 0.336 e. The Labute approximate surface area is 192 Å². The number of ether oxygens (including phenoxy) is 1. The molecular weight excluding hydrogens is 432 g/mol. The molecular formula is C27H18N2O3S. The van der Waals surface area contributed by atoms with Crippen molar-refractivity contribution < 1.29 is 9.15 Å². The van der Waals surface area contributed by atoms with Crippen molar-refractivity contribution in [3.8, 4) is 17.0 Å². The van der Waals surface area contributed by atoms with Gasteiger partial charge in [0.1, 0.15) is 23.3 Å². The summed E-state index contributed by atoms with van der Waals surface area (Å²) in [7, 11) is 0. The highest BCUT2D eigenvalue weighted by molar-refractivity contribution is 7.17. The molecule has 0 aliphatic carbocycles. The third kappa shape index (κ3) is 3.45. The second-order valence-corrected chi connectivity index (χ2v) is 8.77. The molecule has 33 heavy (non-hydrogen) atoms. The summed E-state index contributed by atoms with van der Waals surface area (Å²) < 4.78 is 11.7. The monoisotopic (exact) mass is 450 g/mol. The van der Waals surface area contributed by atoms with Crippen molar-refractivity contribution >= 4 is 43.3 Å². The largest absolute Gasteiger partial charge is 0.472 e. The Kier molecular flexibility index (Phi) is 4.66. The molecule has 0 bridgehead atoms. The number of hydrogen-bond donors (Lipinski definition) is 0. The van der Waals surface area contributed by atoms with Crippen molar-refractivity contribution in [1.82, 2.24) is 9.97 Å². The van der Waals surface area contributed by atoms with Gasteiger partial charge in [0.05, 0.1) is 5.39 Å². The molecule has 0 atom stereocenters. The first-order valence-corrected chi connectivity index (χ1v) is 11.4. The molecule has 5 nitrogen and oxygen atoms in total. The lowest BCUT2D eigenvalue weighted by molar-refractivity contribution is 0.298. The summed E-state index contributed by atoms with van der Waals surface area (Å²) in [6.45, 7) is 2.25. The molecule has 3 aromatic heterocycles. The fraction of sp³-hybridized carbons (Fsp3) is 0.0741. The fourth-order valence-electron chi connectivity index (χ4n) is 4.18. The van der Waals surface area contributed by atoms with Crippen LogP contribution < -0.4 is 10.4 Å². The standard InChI is InChI=1S/C27H18N2O3S/c1-16-6-8-18(9-7-16)21-14-33-27-25(21)26(28-15-29-27)31-13-19-12-23(30)32-22-11-10-17-4-2-3-5-20(17)24(19)22/h2-12,14-15H,13H2,1H3. The van der Waals surface area contributed by atoms with E-state index >= 15 is 0 Å². The predicted molar refractivity (Wildman–Crippen MR) is 132 cm³/mol. The maximum atomic E-state index is 12.2. The number of aryl methyl sites for hydroxylation is 1. The summed E-state index contributed by atoms with van der Waals surface area (Å²) >= 11 is 1.56. The van der Waals surface area contributed by atoms with Gasteiger partial charge in [-0.2, -0.15) is 0 Å². The van der Waals surface area contributed by atoms with Gasteiger partial charge in [0.25, 0.3) is 0 Å². The second-order valence-electron chi connectivity index (χ2n) is 7.91. The summed E-state index contributed by atoms with van der Waals surface area (Å²) in [6, 6.07) is 21.7. The highest BCUT2D eigenvalue weighted by Crippen LogP contribution is 2.38. The number of thiophene rings is 1. The fourth-order valence-corrected chi connectivity index (χ4v) is 5.09. The van der Waals surface area contributed by atoms with Gasteiger partial charge in [0.2, 0.25) is 5.88 Å². The molecule has 6 rings (SSSR count). The Morgan fingerprint density at radius 1 is 0.970 bits per heavy atom. The molecule has 0 spiro atoms. The minimum absolute atomic E-state index is 0.186. The average molecular weight is 451 g/mol. The second kappa shape index (κ2) is 7.83. The first-order chi connectivity index (χ1) is 16.2. The average Bonchev–Trinajstić information content (AvgIpc) is 3.27. The van der Waals surface area contributed by atoms with E-state index in [-0.39, 0.29) is 6.61 Å². The lowest BCUT2D eigenvalue weighted by atomic mass is 10.0. The van der Waals surface area contributed by atoms with Gasteiger partial charge in [0.15, 0.2) is 0 Å². The molecule has 0 N–H and O–H groups in total. The summed E-state index contributed by atoms with van der Waals surface area (Å²) in [6.07, 6.45) is 1.51. The zero-order valence-corrected chi connectivity index (χ0v) is 18.6. The van der Waals surface area contributed by atoms with Gasteiger partial charge in [-0.25, -0.2) is 14.8 Å². The summed E-state index contributed by atoms with van der Waals surface area (Å²) in [5.41, 5.74) is 4.23. The van der Waals surface area contributed by atoms with Crippen LogP contribution in [0.3, 0.4) is 0 Å². The SMILES string of the molecule is Cc1ccc(-c2csc3ncnc(OCc4cc(=O)oc5ccc6ccccc6c45)c23)cc1. The molecule has 0 aliphatic heterocycles. The Bertz CT molecular complexity index is 1700. The molecule has 0 radical (unpaired) electrons. The van der Waals surface area contributed by atoms with Crippen LogP contribution in [-0.4, -0.2) is 9.97 Å². The number of rotatable bonds is 4. The van der Waals surface area contributed by atoms with Crippen LogP contribution in [0.5, 0.6) is 5.88 Å². The van der Waals surface area contributed by atoms with E-state index < -0.39 is 5.63 Å². The molecule has 0 unspecified atom stereocenters. The molecule has 0 fully saturated rings. The molecule has 3 aromatic carbocycles. The summed E-state index contributed by atoms with van der Waals surface area (Å²) in [5.74, 6) is 0.499. The van der Waals surface area contributed by atoms with Gasteiger partial charge < -0.3 is 9.15 Å². The van der Waals surface area contributed by atoms with Crippen molar-refractivity contribution in [3.63, 3.8) is 0 Å². The summed E-state index contributed by atoms with van der Waals surface area (Å²) in [4.78, 5) is 22.0. The Morgan fingerprint density at radius 2 is 1.82 bits per heavy atom. The summed E-state index contributed by atoms with van der Waals surface area (Å²) in [5, 5.41) is 5.92. The van der Waals surface area contributed by atoms with Crippen LogP contribution in [0, 0.1) is 6.92 Å². The van der Waals surface area contributed by atoms with E-state index in [0.717, 1.165) is 43.1 Å². The number of benzene rings is 3. The number of hydrogen-bond acceptors (Lipinski definition) is 6. The van der Waals surface area contributed by atoms with Crippen LogP contribution in [0.25, 0.3) is 43.1 Å². The molecule has 6 heteroatoms. The lowest BCUT2D eigenvalue weighted by Crippen LogP contribution is -2.05. The molecule has 0 saturated heterocycles. The highest BCUT2D eigenvalue weighted by atomic mass is 32.1. The topological polar surface area (TPSA) is 65.2 Å². The lowest BCUT2D eigenvalue weighted by Gasteiger charge is -2.11. The van der Waals surface area contributed by atoms with Gasteiger partial charge in [-0.05, 0) is 29.3 Å². The molecule has 160 valence electrons. The number of nitrogens with zero attached hydrogens (tertiary/aromatic N) is 2. The van der Waals surface area contributed by atoms with E-state index in [9.17, 15) is 4.79 Å². The van der Waals surface area contributed by atoms with Crippen molar-refractivity contribution in [3.05, 3.63) is 100.0 Å². The minimum Gasteiger partial charge on any atom is -0.472 e. The minimum atomic E-state index is -0.403. The van der Waals surface area contributed by atoms with E-state index in [0.29, 0.717) is 11.5 Å². The van der Waals surface area contributed by atoms with E-state index in [4.69, 9.17) is 9.15 Å². The quantitative estimate of drug-likeness (QED) is 0.226. The Balaban J connectivity index is 1.46. The molecule has 0 aliphatic rings. The van der Waals surface area contributed by atoms with Crippen LogP contribution >= 0.6 is 11.3 Å². The molecule has 6 aromatic rings. The normalized spacial score (nSPS) is 11.4. The van der Waals surface area contributed by atoms with Gasteiger partial charge in [-0.1, -0.05) is 60.2 Å². The van der Waals surface area contributed by atoms with Gasteiger partial charge in [-0.15, -0.1) is 11.3 Å². The van der Waals surface area contributed by atoms with Crippen molar-refractivity contribution in [1.29, 1.82) is 0 Å². The van der Waals surface area contributed by atoms with E-state index in [2.05, 4.69) is 46.5 Å². The third-order valence-electron chi connectivity index (χ3n) is 5.78. The van der Waals surface area contributed by atoms with Crippen LogP contribution in [-0.2, 0) is 6.61 Å². The predicted octanol–water partition coefficient (Wildman–Crippen LogP) is 6.51. The van der Waals surface area contributed by atoms with E-state index in [1.54, 1.807) is 11.3 Å². The van der Waals surface area contributed by atoms with Crippen LogP contribution in [0.4, 0.5) is 0 Å². The van der Waals surface area contributed by atoms with Gasteiger partial charge in [0, 0.05) is 28.0 Å². The van der Waals surface area contributed by atoms with E-state index in [1.165, 1.54) is 18.0 Å². The van der Waals surface area contributed by atoms with Gasteiger partial charge >= 0.3 is 5.63 Å².